The van der Waals surface area contributed by atoms with Gasteiger partial charge in [0.15, 0.2) is 5.82 Å². The number of H-pyrrole nitrogens is 1. The fourth-order valence-corrected chi connectivity index (χ4v) is 2.91. The van der Waals surface area contributed by atoms with Crippen molar-refractivity contribution in [1.82, 2.24) is 20.1 Å². The van der Waals surface area contributed by atoms with Crippen molar-refractivity contribution in [1.29, 1.82) is 0 Å². The number of nitrogens with one attached hydrogen (secondary N) is 1. The van der Waals surface area contributed by atoms with Crippen molar-refractivity contribution in [3.63, 3.8) is 0 Å². The number of rotatable bonds is 2. The molecule has 0 spiro atoms. The summed E-state index contributed by atoms with van der Waals surface area (Å²) in [6.45, 7) is 1.04. The first-order valence-electron chi connectivity index (χ1n) is 7.27. The Balaban J connectivity index is 1.53. The van der Waals surface area contributed by atoms with Gasteiger partial charge in [0, 0.05) is 30.1 Å². The number of hydrogen-bond donors (Lipinski definition) is 2. The summed E-state index contributed by atoms with van der Waals surface area (Å²) in [5, 5.41) is 8.36. The number of nitrogens with zero attached hydrogens (tertiary/aromatic N) is 3. The molecule has 0 radical (unpaired) electrons. The van der Waals surface area contributed by atoms with Crippen molar-refractivity contribution in [3.05, 3.63) is 53.6 Å². The number of pyridine rings is 1. The number of anilines is 1. The number of aromatic amines is 1. The molecule has 0 atom stereocenters. The maximum atomic E-state index is 13.7. The Bertz CT molecular complexity index is 900. The molecular weight excluding hydrogens is 297 g/mol. The van der Waals surface area contributed by atoms with E-state index in [-0.39, 0.29) is 23.2 Å². The van der Waals surface area contributed by atoms with Crippen LogP contribution in [0.5, 0.6) is 0 Å². The van der Waals surface area contributed by atoms with E-state index >= 15 is 0 Å². The molecule has 0 bridgehead atoms. The average molecular weight is 311 g/mol. The van der Waals surface area contributed by atoms with Gasteiger partial charge in [0.1, 0.15) is 5.82 Å². The first kappa shape index (κ1) is 13.7. The Hall–Kier alpha value is -2.96. The van der Waals surface area contributed by atoms with Crippen molar-refractivity contribution in [2.75, 3.05) is 18.8 Å². The zero-order chi connectivity index (χ0) is 16.0. The number of hydrogen-bond acceptors (Lipinski definition) is 4. The minimum absolute atomic E-state index is 0.0366. The highest BCUT2D eigenvalue weighted by atomic mass is 19.1. The minimum atomic E-state index is -0.653. The smallest absolute Gasteiger partial charge is 0.257 e. The summed E-state index contributed by atoms with van der Waals surface area (Å²) in [6.07, 6.45) is 0.974. The van der Waals surface area contributed by atoms with Gasteiger partial charge in [-0.1, -0.05) is 18.2 Å². The molecular formula is C16H14FN5O. The highest BCUT2D eigenvalue weighted by molar-refractivity contribution is 5.96. The van der Waals surface area contributed by atoms with Gasteiger partial charge in [0.2, 0.25) is 0 Å². The Morgan fingerprint density at radius 3 is 2.96 bits per heavy atom. The number of nitrogen functional groups attached to an aromatic ring is 1. The molecule has 116 valence electrons. The van der Waals surface area contributed by atoms with Crippen molar-refractivity contribution < 1.29 is 9.18 Å². The number of carbonyl (C=O) groups is 1. The molecule has 4 rings (SSSR count). The molecule has 1 fully saturated rings. The Morgan fingerprint density at radius 2 is 2.13 bits per heavy atom. The van der Waals surface area contributed by atoms with Crippen LogP contribution < -0.4 is 5.73 Å². The van der Waals surface area contributed by atoms with E-state index in [0.717, 1.165) is 22.8 Å². The third-order valence-electron chi connectivity index (χ3n) is 4.17. The normalized spacial score (nSPS) is 14.9. The summed E-state index contributed by atoms with van der Waals surface area (Å²) in [5.41, 5.74) is 7.41. The maximum Gasteiger partial charge on any atom is 0.257 e. The van der Waals surface area contributed by atoms with Gasteiger partial charge in [0.05, 0.1) is 17.3 Å². The predicted octanol–water partition coefficient (Wildman–Crippen LogP) is 1.92. The van der Waals surface area contributed by atoms with Crippen LogP contribution in [0.2, 0.25) is 0 Å². The summed E-state index contributed by atoms with van der Waals surface area (Å²) in [7, 11) is 0. The average Bonchev–Trinajstić information content (AvgIpc) is 2.92. The van der Waals surface area contributed by atoms with Gasteiger partial charge in [-0.05, 0) is 12.1 Å². The van der Waals surface area contributed by atoms with Crippen LogP contribution in [0.15, 0.2) is 36.5 Å². The predicted molar refractivity (Wildman–Crippen MR) is 83.3 cm³/mol. The topological polar surface area (TPSA) is 87.9 Å². The second-order valence-electron chi connectivity index (χ2n) is 5.65. The quantitative estimate of drug-likeness (QED) is 0.757. The van der Waals surface area contributed by atoms with Crippen molar-refractivity contribution in [2.45, 2.75) is 5.92 Å². The van der Waals surface area contributed by atoms with Gasteiger partial charge in [-0.25, -0.2) is 9.37 Å². The molecule has 3 N–H and O–H groups in total. The van der Waals surface area contributed by atoms with Crippen LogP contribution in [0.1, 0.15) is 22.0 Å². The molecule has 6 nitrogen and oxygen atoms in total. The third kappa shape index (κ3) is 2.21. The maximum absolute atomic E-state index is 13.7. The fraction of sp³-hybridized carbons (Fsp3) is 0.188. The molecule has 3 heterocycles. The first-order chi connectivity index (χ1) is 11.1. The molecule has 2 aromatic heterocycles. The number of carbonyl (C=O) groups excluding carboxylic acids is 1. The van der Waals surface area contributed by atoms with Gasteiger partial charge >= 0.3 is 0 Å². The third-order valence-corrected chi connectivity index (χ3v) is 4.17. The van der Waals surface area contributed by atoms with E-state index in [1.54, 1.807) is 4.90 Å². The van der Waals surface area contributed by atoms with Crippen molar-refractivity contribution in [3.8, 4) is 0 Å². The zero-order valence-electron chi connectivity index (χ0n) is 12.2. The molecule has 1 aromatic carbocycles. The number of likely N-dealkylation sites (tertiary alicyclic amines) is 1. The van der Waals surface area contributed by atoms with Crippen LogP contribution in [0, 0.1) is 5.82 Å². The summed E-state index contributed by atoms with van der Waals surface area (Å²) in [6, 6.07) is 9.10. The molecule has 0 saturated carbocycles. The molecule has 7 heteroatoms. The van der Waals surface area contributed by atoms with E-state index in [1.807, 2.05) is 24.3 Å². The SMILES string of the molecule is Nc1cc(C(=O)N2CC(c3[nH]nc4ccccc34)C2)c(F)cn1. The van der Waals surface area contributed by atoms with Gasteiger partial charge in [-0.2, -0.15) is 5.10 Å². The first-order valence-corrected chi connectivity index (χ1v) is 7.27. The fourth-order valence-electron chi connectivity index (χ4n) is 2.91. The zero-order valence-corrected chi connectivity index (χ0v) is 12.2. The lowest BCUT2D eigenvalue weighted by Crippen LogP contribution is -2.48. The van der Waals surface area contributed by atoms with Crippen LogP contribution in [0.25, 0.3) is 10.9 Å². The molecule has 1 aliphatic heterocycles. The van der Waals surface area contributed by atoms with Crippen LogP contribution in [0.3, 0.4) is 0 Å². The molecule has 0 unspecified atom stereocenters. The monoisotopic (exact) mass is 311 g/mol. The van der Waals surface area contributed by atoms with Gasteiger partial charge in [-0.15, -0.1) is 0 Å². The van der Waals surface area contributed by atoms with Crippen LogP contribution in [-0.4, -0.2) is 39.1 Å². The number of benzene rings is 1. The summed E-state index contributed by atoms with van der Waals surface area (Å²) in [5.74, 6) is -0.712. The van der Waals surface area contributed by atoms with Gasteiger partial charge < -0.3 is 10.6 Å². The number of para-hydroxylation sites is 1. The van der Waals surface area contributed by atoms with Crippen LogP contribution >= 0.6 is 0 Å². The number of fused-ring (bicyclic) bond motifs is 1. The highest BCUT2D eigenvalue weighted by Gasteiger charge is 2.35. The molecule has 1 aliphatic rings. The van der Waals surface area contributed by atoms with E-state index in [1.165, 1.54) is 6.07 Å². The van der Waals surface area contributed by atoms with E-state index < -0.39 is 5.82 Å². The van der Waals surface area contributed by atoms with E-state index in [4.69, 9.17) is 5.73 Å². The molecule has 0 aliphatic carbocycles. The number of nitrogens with two attached hydrogens (primary N) is 1. The van der Waals surface area contributed by atoms with Crippen molar-refractivity contribution in [2.24, 2.45) is 0 Å². The lowest BCUT2D eigenvalue weighted by atomic mass is 9.93. The van der Waals surface area contributed by atoms with E-state index in [2.05, 4.69) is 15.2 Å². The minimum Gasteiger partial charge on any atom is -0.384 e. The molecule has 23 heavy (non-hydrogen) atoms. The molecule has 1 amide bonds. The summed E-state index contributed by atoms with van der Waals surface area (Å²) < 4.78 is 13.7. The molecule has 3 aromatic rings. The lowest BCUT2D eigenvalue weighted by molar-refractivity contribution is 0.0595. The van der Waals surface area contributed by atoms with Crippen molar-refractivity contribution >= 4 is 22.6 Å². The second kappa shape index (κ2) is 5.05. The second-order valence-corrected chi connectivity index (χ2v) is 5.65. The Labute approximate surface area is 131 Å². The number of amides is 1. The Kier molecular flexibility index (Phi) is 3.00. The van der Waals surface area contributed by atoms with Crippen LogP contribution in [0.4, 0.5) is 10.2 Å². The summed E-state index contributed by atoms with van der Waals surface area (Å²) >= 11 is 0. The number of aromatic nitrogens is 3. The summed E-state index contributed by atoms with van der Waals surface area (Å²) in [4.78, 5) is 17.6. The van der Waals surface area contributed by atoms with Gasteiger partial charge in [0.25, 0.3) is 5.91 Å². The standard InChI is InChI=1S/C16H14FN5O/c17-12-6-19-14(18)5-11(12)16(23)22-7-9(8-22)15-10-3-1-2-4-13(10)20-21-15/h1-6,9H,7-8H2,(H2,18,19)(H,20,21). The highest BCUT2D eigenvalue weighted by Crippen LogP contribution is 2.31. The van der Waals surface area contributed by atoms with Crippen LogP contribution in [-0.2, 0) is 0 Å². The molecule has 1 saturated heterocycles. The number of halogens is 1. The lowest BCUT2D eigenvalue weighted by Gasteiger charge is -2.38. The Morgan fingerprint density at radius 1 is 1.35 bits per heavy atom. The largest absolute Gasteiger partial charge is 0.384 e. The van der Waals surface area contributed by atoms with E-state index in [9.17, 15) is 9.18 Å². The van der Waals surface area contributed by atoms with Gasteiger partial charge in [-0.3, -0.25) is 9.89 Å². The van der Waals surface area contributed by atoms with E-state index in [0.29, 0.717) is 13.1 Å².